The molecule has 11 heteroatoms. The minimum atomic E-state index is -0.955. The molecule has 0 atom stereocenters. The lowest BCUT2D eigenvalue weighted by Crippen LogP contribution is -2.35. The average molecular weight is 504 g/mol. The standard InChI is InChI=1S/C11H11N3O3.C10H11BrN2O2/c1-13-4-6-2-3-8-9(7(6)5-13)12-10(15)11(16)14(8)17;1-6-7-4-12(2)5-8(7)9(11)3-10(6)13(14)15/h2-3,17H,4-5H2,1H3,(H,12,15);3H,4-5H2,1-2H3. The number of H-pyrrole nitrogens is 1. The van der Waals surface area contributed by atoms with Gasteiger partial charge in [-0.1, -0.05) is 22.0 Å². The molecule has 2 aliphatic heterocycles. The van der Waals surface area contributed by atoms with Crippen molar-refractivity contribution >= 4 is 32.7 Å². The van der Waals surface area contributed by atoms with E-state index in [0.29, 0.717) is 22.3 Å². The van der Waals surface area contributed by atoms with E-state index in [0.717, 1.165) is 46.4 Å². The van der Waals surface area contributed by atoms with E-state index in [9.17, 15) is 24.9 Å². The minimum absolute atomic E-state index is 0.205. The van der Waals surface area contributed by atoms with Crippen LogP contribution in [0.1, 0.15) is 27.8 Å². The summed E-state index contributed by atoms with van der Waals surface area (Å²) in [5.41, 5.74) is 4.46. The zero-order chi connectivity index (χ0) is 23.3. The number of benzene rings is 2. The van der Waals surface area contributed by atoms with E-state index >= 15 is 0 Å². The molecule has 3 aromatic rings. The number of hydrogen-bond donors (Lipinski definition) is 2. The summed E-state index contributed by atoms with van der Waals surface area (Å²) in [5, 5.41) is 20.4. The second kappa shape index (κ2) is 8.15. The second-order valence-electron chi connectivity index (χ2n) is 8.23. The molecule has 2 aliphatic rings. The van der Waals surface area contributed by atoms with Crippen LogP contribution < -0.4 is 11.1 Å². The average Bonchev–Trinajstić information content (AvgIpc) is 3.31. The van der Waals surface area contributed by atoms with Crippen LogP contribution >= 0.6 is 15.9 Å². The Labute approximate surface area is 190 Å². The van der Waals surface area contributed by atoms with Gasteiger partial charge in [-0.15, -0.1) is 4.73 Å². The van der Waals surface area contributed by atoms with Crippen LogP contribution in [0, 0.1) is 17.0 Å². The normalized spacial score (nSPS) is 15.4. The molecule has 5 rings (SSSR count). The van der Waals surface area contributed by atoms with E-state index in [2.05, 4.69) is 30.7 Å². The Morgan fingerprint density at radius 3 is 2.38 bits per heavy atom. The number of aromatic nitrogens is 2. The van der Waals surface area contributed by atoms with Gasteiger partial charge in [0.15, 0.2) is 0 Å². The van der Waals surface area contributed by atoms with Crippen molar-refractivity contribution in [2.75, 3.05) is 14.1 Å². The molecule has 0 saturated carbocycles. The van der Waals surface area contributed by atoms with Gasteiger partial charge >= 0.3 is 11.1 Å². The summed E-state index contributed by atoms with van der Waals surface area (Å²) < 4.78 is 1.26. The highest BCUT2D eigenvalue weighted by atomic mass is 79.9. The van der Waals surface area contributed by atoms with Gasteiger partial charge in [-0.05, 0) is 49.3 Å². The zero-order valence-electron chi connectivity index (χ0n) is 17.8. The van der Waals surface area contributed by atoms with Crippen molar-refractivity contribution < 1.29 is 10.1 Å². The van der Waals surface area contributed by atoms with E-state index in [1.54, 1.807) is 12.1 Å². The van der Waals surface area contributed by atoms with E-state index in [4.69, 9.17) is 0 Å². The molecule has 168 valence electrons. The number of rotatable bonds is 1. The van der Waals surface area contributed by atoms with Gasteiger partial charge in [-0.3, -0.25) is 29.5 Å². The third-order valence-corrected chi connectivity index (χ3v) is 6.62. The third-order valence-electron chi connectivity index (χ3n) is 5.92. The van der Waals surface area contributed by atoms with Gasteiger partial charge in [0.1, 0.15) is 5.52 Å². The van der Waals surface area contributed by atoms with Gasteiger partial charge < -0.3 is 10.2 Å². The fourth-order valence-electron chi connectivity index (χ4n) is 4.32. The van der Waals surface area contributed by atoms with Crippen LogP contribution in [0.2, 0.25) is 0 Å². The molecule has 2 aromatic carbocycles. The highest BCUT2D eigenvalue weighted by Gasteiger charge is 2.26. The van der Waals surface area contributed by atoms with Crippen molar-refractivity contribution in [1.82, 2.24) is 19.5 Å². The first-order valence-electron chi connectivity index (χ1n) is 9.89. The lowest BCUT2D eigenvalue weighted by Gasteiger charge is -2.06. The molecule has 0 fully saturated rings. The number of aromatic amines is 1. The van der Waals surface area contributed by atoms with Crippen LogP contribution in [0.4, 0.5) is 5.69 Å². The van der Waals surface area contributed by atoms with Crippen molar-refractivity contribution in [3.8, 4) is 0 Å². The molecule has 32 heavy (non-hydrogen) atoms. The number of nitro groups is 1. The SMILES string of the molecule is CN1Cc2ccc3c([nH]c(=O)c(=O)n3O)c2C1.Cc1c([N+](=O)[O-])cc(Br)c2c1CN(C)C2. The van der Waals surface area contributed by atoms with Crippen molar-refractivity contribution in [3.05, 3.63) is 81.3 Å². The Morgan fingerprint density at radius 1 is 1.06 bits per heavy atom. The molecule has 10 nitrogen and oxygen atoms in total. The van der Waals surface area contributed by atoms with Crippen molar-refractivity contribution in [2.24, 2.45) is 0 Å². The first-order chi connectivity index (χ1) is 15.1. The summed E-state index contributed by atoms with van der Waals surface area (Å²) in [7, 11) is 3.98. The quantitative estimate of drug-likeness (QED) is 0.226. The first-order valence-corrected chi connectivity index (χ1v) is 10.7. The van der Waals surface area contributed by atoms with Gasteiger partial charge in [-0.2, -0.15) is 0 Å². The molecule has 0 bridgehead atoms. The van der Waals surface area contributed by atoms with Gasteiger partial charge in [-0.25, -0.2) is 0 Å². The lowest BCUT2D eigenvalue weighted by molar-refractivity contribution is -0.385. The lowest BCUT2D eigenvalue weighted by atomic mass is 10.0. The van der Waals surface area contributed by atoms with Crippen LogP contribution in [0.15, 0.2) is 32.3 Å². The van der Waals surface area contributed by atoms with E-state index in [1.165, 1.54) is 5.56 Å². The van der Waals surface area contributed by atoms with Crippen LogP contribution in [0.25, 0.3) is 11.0 Å². The van der Waals surface area contributed by atoms with Crippen molar-refractivity contribution in [3.63, 3.8) is 0 Å². The smallest absolute Gasteiger partial charge is 0.348 e. The third kappa shape index (κ3) is 3.72. The molecular formula is C21H22BrN5O5. The number of nitro benzene ring substituents is 1. The van der Waals surface area contributed by atoms with E-state index in [-0.39, 0.29) is 10.6 Å². The summed E-state index contributed by atoms with van der Waals surface area (Å²) in [6.07, 6.45) is 0. The van der Waals surface area contributed by atoms with Crippen LogP contribution in [0.5, 0.6) is 0 Å². The highest BCUT2D eigenvalue weighted by molar-refractivity contribution is 9.10. The fraction of sp³-hybridized carbons (Fsp3) is 0.333. The maximum absolute atomic E-state index is 11.4. The van der Waals surface area contributed by atoms with Gasteiger partial charge in [0.05, 0.1) is 10.4 Å². The van der Waals surface area contributed by atoms with Crippen molar-refractivity contribution in [2.45, 2.75) is 33.1 Å². The molecule has 0 unspecified atom stereocenters. The fourth-order valence-corrected chi connectivity index (χ4v) is 4.90. The maximum atomic E-state index is 11.4. The Balaban J connectivity index is 0.000000155. The highest BCUT2D eigenvalue weighted by Crippen LogP contribution is 2.36. The maximum Gasteiger partial charge on any atom is 0.348 e. The Hall–Kier alpha value is -3.02. The monoisotopic (exact) mass is 503 g/mol. The molecular weight excluding hydrogens is 482 g/mol. The van der Waals surface area contributed by atoms with Gasteiger partial charge in [0, 0.05) is 42.3 Å². The second-order valence-corrected chi connectivity index (χ2v) is 9.08. The van der Waals surface area contributed by atoms with E-state index in [1.807, 2.05) is 27.1 Å². The summed E-state index contributed by atoms with van der Waals surface area (Å²) in [6, 6.07) is 5.11. The van der Waals surface area contributed by atoms with Crippen LogP contribution in [-0.2, 0) is 26.2 Å². The molecule has 0 spiro atoms. The number of nitrogens with zero attached hydrogens (tertiary/aromatic N) is 4. The number of hydrogen-bond acceptors (Lipinski definition) is 7. The minimum Gasteiger partial charge on any atom is -0.425 e. The predicted molar refractivity (Wildman–Crippen MR) is 122 cm³/mol. The Bertz CT molecular complexity index is 1380. The van der Waals surface area contributed by atoms with Crippen LogP contribution in [-0.4, -0.2) is 43.7 Å². The molecule has 0 amide bonds. The molecule has 0 saturated heterocycles. The van der Waals surface area contributed by atoms with Gasteiger partial charge in [0.25, 0.3) is 5.69 Å². The van der Waals surface area contributed by atoms with Crippen LogP contribution in [0.3, 0.4) is 0 Å². The number of fused-ring (bicyclic) bond motifs is 4. The summed E-state index contributed by atoms with van der Waals surface area (Å²) in [4.78, 5) is 40.0. The largest absolute Gasteiger partial charge is 0.425 e. The first kappa shape index (κ1) is 22.2. The predicted octanol–water partition coefficient (Wildman–Crippen LogP) is 2.48. The Kier molecular flexibility index (Phi) is 5.65. The Morgan fingerprint density at radius 2 is 1.69 bits per heavy atom. The number of nitrogens with one attached hydrogen (secondary N) is 1. The molecule has 0 radical (unpaired) electrons. The zero-order valence-corrected chi connectivity index (χ0v) is 19.4. The van der Waals surface area contributed by atoms with E-state index < -0.39 is 11.1 Å². The summed E-state index contributed by atoms with van der Waals surface area (Å²) in [6.45, 7) is 4.97. The number of halogens is 1. The molecule has 3 heterocycles. The molecule has 1 aromatic heterocycles. The summed E-state index contributed by atoms with van der Waals surface area (Å²) >= 11 is 3.40. The summed E-state index contributed by atoms with van der Waals surface area (Å²) in [5.74, 6) is 0. The van der Waals surface area contributed by atoms with Gasteiger partial charge in [0.2, 0.25) is 0 Å². The topological polar surface area (TPSA) is 125 Å². The molecule has 2 N–H and O–H groups in total. The molecule has 0 aliphatic carbocycles. The van der Waals surface area contributed by atoms with Crippen molar-refractivity contribution in [1.29, 1.82) is 0 Å².